The summed E-state index contributed by atoms with van der Waals surface area (Å²) in [5.41, 5.74) is 1.25. The summed E-state index contributed by atoms with van der Waals surface area (Å²) < 4.78 is 1.09. The third-order valence-corrected chi connectivity index (χ3v) is 3.35. The van der Waals surface area contributed by atoms with Gasteiger partial charge in [-0.05, 0) is 38.0 Å². The van der Waals surface area contributed by atoms with Crippen LogP contribution in [0.4, 0.5) is 0 Å². The minimum absolute atomic E-state index is 0.103. The van der Waals surface area contributed by atoms with E-state index in [0.717, 1.165) is 10.9 Å². The van der Waals surface area contributed by atoms with Crippen LogP contribution in [-0.4, -0.2) is 18.5 Å². The Bertz CT molecular complexity index is 407. The number of benzene rings is 1. The van der Waals surface area contributed by atoms with Gasteiger partial charge in [-0.15, -0.1) is 0 Å². The van der Waals surface area contributed by atoms with Crippen LogP contribution in [0.5, 0.6) is 0 Å². The van der Waals surface area contributed by atoms with Crippen LogP contribution in [0.15, 0.2) is 28.7 Å². The van der Waals surface area contributed by atoms with Gasteiger partial charge in [-0.1, -0.05) is 35.0 Å². The van der Waals surface area contributed by atoms with E-state index in [2.05, 4.69) is 45.6 Å². The highest BCUT2D eigenvalue weighted by molar-refractivity contribution is 9.10. The SMILES string of the molecule is CCC(NCCC(=O)NC(C)C)c1cccc(Br)c1. The van der Waals surface area contributed by atoms with Gasteiger partial charge in [-0.25, -0.2) is 0 Å². The molecule has 0 heterocycles. The van der Waals surface area contributed by atoms with Crippen molar-refractivity contribution in [3.8, 4) is 0 Å². The smallest absolute Gasteiger partial charge is 0.221 e. The lowest BCUT2D eigenvalue weighted by atomic mass is 10.0. The van der Waals surface area contributed by atoms with Gasteiger partial charge >= 0.3 is 0 Å². The Morgan fingerprint density at radius 2 is 2.11 bits per heavy atom. The molecule has 19 heavy (non-hydrogen) atoms. The molecular weight excluding hydrogens is 304 g/mol. The molecule has 1 rings (SSSR count). The maximum absolute atomic E-state index is 11.6. The number of rotatable bonds is 7. The van der Waals surface area contributed by atoms with E-state index in [1.807, 2.05) is 26.0 Å². The maximum atomic E-state index is 11.6. The van der Waals surface area contributed by atoms with Gasteiger partial charge in [0.2, 0.25) is 5.91 Å². The second kappa shape index (κ2) is 8.33. The zero-order chi connectivity index (χ0) is 14.3. The summed E-state index contributed by atoms with van der Waals surface area (Å²) in [6.07, 6.45) is 1.52. The predicted molar refractivity (Wildman–Crippen MR) is 83.1 cm³/mol. The summed E-state index contributed by atoms with van der Waals surface area (Å²) in [5.74, 6) is 0.103. The summed E-state index contributed by atoms with van der Waals surface area (Å²) in [4.78, 5) is 11.6. The van der Waals surface area contributed by atoms with Gasteiger partial charge in [0, 0.05) is 29.5 Å². The minimum Gasteiger partial charge on any atom is -0.354 e. The molecule has 0 aromatic heterocycles. The molecule has 0 saturated carbocycles. The molecule has 0 aliphatic rings. The first-order valence-electron chi connectivity index (χ1n) is 6.81. The fraction of sp³-hybridized carbons (Fsp3) is 0.533. The lowest BCUT2D eigenvalue weighted by molar-refractivity contribution is -0.121. The van der Waals surface area contributed by atoms with Crippen LogP contribution in [0, 0.1) is 0 Å². The molecule has 1 aromatic rings. The molecular formula is C15H23BrN2O. The number of carbonyl (C=O) groups excluding carboxylic acids is 1. The van der Waals surface area contributed by atoms with E-state index < -0.39 is 0 Å². The van der Waals surface area contributed by atoms with E-state index in [-0.39, 0.29) is 11.9 Å². The Morgan fingerprint density at radius 3 is 2.68 bits per heavy atom. The number of hydrogen-bond acceptors (Lipinski definition) is 2. The van der Waals surface area contributed by atoms with Crippen LogP contribution in [0.1, 0.15) is 45.2 Å². The normalized spacial score (nSPS) is 12.5. The second-order valence-electron chi connectivity index (χ2n) is 4.94. The molecule has 1 aromatic carbocycles. The van der Waals surface area contributed by atoms with E-state index in [1.165, 1.54) is 5.56 Å². The standard InChI is InChI=1S/C15H23BrN2O/c1-4-14(12-6-5-7-13(16)10-12)17-9-8-15(19)18-11(2)3/h5-7,10-11,14,17H,4,8-9H2,1-3H3,(H,18,19). The molecule has 0 aliphatic heterocycles. The van der Waals surface area contributed by atoms with E-state index in [9.17, 15) is 4.79 Å². The van der Waals surface area contributed by atoms with Gasteiger partial charge in [0.05, 0.1) is 0 Å². The van der Waals surface area contributed by atoms with Gasteiger partial charge in [-0.3, -0.25) is 4.79 Å². The number of halogens is 1. The molecule has 1 amide bonds. The van der Waals surface area contributed by atoms with E-state index in [0.29, 0.717) is 19.0 Å². The molecule has 0 spiro atoms. The molecule has 1 atom stereocenters. The van der Waals surface area contributed by atoms with Crippen LogP contribution >= 0.6 is 15.9 Å². The second-order valence-corrected chi connectivity index (χ2v) is 5.86. The van der Waals surface area contributed by atoms with Crippen molar-refractivity contribution in [3.05, 3.63) is 34.3 Å². The van der Waals surface area contributed by atoms with Crippen LogP contribution in [-0.2, 0) is 4.79 Å². The predicted octanol–water partition coefficient (Wildman–Crippen LogP) is 3.40. The highest BCUT2D eigenvalue weighted by Gasteiger charge is 2.10. The molecule has 0 bridgehead atoms. The van der Waals surface area contributed by atoms with Crippen LogP contribution in [0.25, 0.3) is 0 Å². The summed E-state index contributed by atoms with van der Waals surface area (Å²) in [5, 5.41) is 6.33. The molecule has 0 saturated heterocycles. The van der Waals surface area contributed by atoms with Crippen molar-refractivity contribution in [2.45, 2.75) is 45.7 Å². The summed E-state index contributed by atoms with van der Waals surface area (Å²) in [6.45, 7) is 6.79. The van der Waals surface area contributed by atoms with Gasteiger partial charge in [-0.2, -0.15) is 0 Å². The Labute approximate surface area is 124 Å². The fourth-order valence-electron chi connectivity index (χ4n) is 1.98. The highest BCUT2D eigenvalue weighted by atomic mass is 79.9. The zero-order valence-corrected chi connectivity index (χ0v) is 13.5. The van der Waals surface area contributed by atoms with Crippen molar-refractivity contribution < 1.29 is 4.79 Å². The summed E-state index contributed by atoms with van der Waals surface area (Å²) in [7, 11) is 0. The lowest BCUT2D eigenvalue weighted by Gasteiger charge is -2.18. The van der Waals surface area contributed by atoms with Crippen LogP contribution < -0.4 is 10.6 Å². The van der Waals surface area contributed by atoms with Crippen molar-refractivity contribution in [1.82, 2.24) is 10.6 Å². The van der Waals surface area contributed by atoms with E-state index in [4.69, 9.17) is 0 Å². The molecule has 1 unspecified atom stereocenters. The molecule has 0 fully saturated rings. The third-order valence-electron chi connectivity index (χ3n) is 2.85. The zero-order valence-electron chi connectivity index (χ0n) is 11.9. The van der Waals surface area contributed by atoms with Gasteiger partial charge < -0.3 is 10.6 Å². The average Bonchev–Trinajstić information content (AvgIpc) is 2.33. The van der Waals surface area contributed by atoms with Crippen molar-refractivity contribution in [3.63, 3.8) is 0 Å². The van der Waals surface area contributed by atoms with Gasteiger partial charge in [0.1, 0.15) is 0 Å². The molecule has 0 aliphatic carbocycles. The Balaban J connectivity index is 2.43. The monoisotopic (exact) mass is 326 g/mol. The fourth-order valence-corrected chi connectivity index (χ4v) is 2.39. The maximum Gasteiger partial charge on any atom is 0.221 e. The molecule has 4 heteroatoms. The molecule has 0 radical (unpaired) electrons. The third kappa shape index (κ3) is 6.21. The van der Waals surface area contributed by atoms with Crippen molar-refractivity contribution >= 4 is 21.8 Å². The van der Waals surface area contributed by atoms with E-state index >= 15 is 0 Å². The molecule has 106 valence electrons. The van der Waals surface area contributed by atoms with Crippen molar-refractivity contribution in [2.24, 2.45) is 0 Å². The number of amides is 1. The number of nitrogens with one attached hydrogen (secondary N) is 2. The topological polar surface area (TPSA) is 41.1 Å². The number of carbonyl (C=O) groups is 1. The average molecular weight is 327 g/mol. The van der Waals surface area contributed by atoms with Gasteiger partial charge in [0.15, 0.2) is 0 Å². The number of hydrogen-bond donors (Lipinski definition) is 2. The Morgan fingerprint density at radius 1 is 1.37 bits per heavy atom. The molecule has 2 N–H and O–H groups in total. The van der Waals surface area contributed by atoms with Crippen molar-refractivity contribution in [1.29, 1.82) is 0 Å². The van der Waals surface area contributed by atoms with Crippen molar-refractivity contribution in [2.75, 3.05) is 6.54 Å². The Kier molecular flexibility index (Phi) is 7.10. The summed E-state index contributed by atoms with van der Waals surface area (Å²) >= 11 is 3.49. The first-order chi connectivity index (χ1) is 9.02. The van der Waals surface area contributed by atoms with Crippen LogP contribution in [0.2, 0.25) is 0 Å². The van der Waals surface area contributed by atoms with Gasteiger partial charge in [0.25, 0.3) is 0 Å². The molecule has 3 nitrogen and oxygen atoms in total. The highest BCUT2D eigenvalue weighted by Crippen LogP contribution is 2.20. The Hall–Kier alpha value is -0.870. The van der Waals surface area contributed by atoms with E-state index in [1.54, 1.807) is 0 Å². The summed E-state index contributed by atoms with van der Waals surface area (Å²) in [6, 6.07) is 8.79. The lowest BCUT2D eigenvalue weighted by Crippen LogP contribution is -2.33. The van der Waals surface area contributed by atoms with Crippen LogP contribution in [0.3, 0.4) is 0 Å². The first-order valence-corrected chi connectivity index (χ1v) is 7.60. The largest absolute Gasteiger partial charge is 0.354 e. The quantitative estimate of drug-likeness (QED) is 0.806. The first kappa shape index (κ1) is 16.2. The minimum atomic E-state index is 0.103.